The Morgan fingerprint density at radius 1 is 1.41 bits per heavy atom. The zero-order valence-electron chi connectivity index (χ0n) is 11.8. The van der Waals surface area contributed by atoms with Crippen molar-refractivity contribution in [1.29, 1.82) is 0 Å². The minimum absolute atomic E-state index is 0.296. The largest absolute Gasteiger partial charge is 0.291 e. The number of hydrogen-bond donors (Lipinski definition) is 2. The topological polar surface area (TPSA) is 83.0 Å². The third-order valence-electron chi connectivity index (χ3n) is 2.88. The molecule has 0 saturated carbocycles. The highest BCUT2D eigenvalue weighted by Crippen LogP contribution is 2.26. The van der Waals surface area contributed by atoms with E-state index in [9.17, 15) is 4.79 Å². The summed E-state index contributed by atoms with van der Waals surface area (Å²) in [4.78, 5) is 18.2. The number of nitrogens with one attached hydrogen (secondary N) is 2. The van der Waals surface area contributed by atoms with Crippen LogP contribution < -0.4 is 5.43 Å². The number of H-pyrrole nitrogens is 1. The van der Waals surface area contributed by atoms with E-state index in [1.807, 2.05) is 25.1 Å². The number of carbonyl (C=O) groups is 1. The second-order valence-corrected chi connectivity index (χ2v) is 5.85. The van der Waals surface area contributed by atoms with Crippen LogP contribution in [0.2, 0.25) is 0 Å². The van der Waals surface area contributed by atoms with Crippen molar-refractivity contribution in [1.82, 2.24) is 20.6 Å². The van der Waals surface area contributed by atoms with E-state index in [2.05, 4.69) is 25.7 Å². The number of aryl methyl sites for hydroxylation is 1. The van der Waals surface area contributed by atoms with Crippen molar-refractivity contribution >= 4 is 23.5 Å². The molecule has 3 aromatic heterocycles. The molecule has 0 saturated heterocycles. The van der Waals surface area contributed by atoms with Gasteiger partial charge in [-0.25, -0.2) is 5.43 Å². The fraction of sp³-hybridized carbons (Fsp3) is 0.0667. The lowest BCUT2D eigenvalue weighted by Crippen LogP contribution is -2.18. The molecule has 7 heteroatoms. The number of hydrogen-bond acceptors (Lipinski definition) is 5. The van der Waals surface area contributed by atoms with Crippen molar-refractivity contribution in [3.05, 3.63) is 58.9 Å². The van der Waals surface area contributed by atoms with Gasteiger partial charge in [-0.05, 0) is 31.2 Å². The lowest BCUT2D eigenvalue weighted by Gasteiger charge is -1.94. The van der Waals surface area contributed by atoms with Crippen LogP contribution in [0, 0.1) is 6.92 Å². The first-order valence-electron chi connectivity index (χ1n) is 6.58. The van der Waals surface area contributed by atoms with E-state index in [1.165, 1.54) is 11.1 Å². The number of rotatable bonds is 4. The number of thiophene rings is 1. The average Bonchev–Trinajstić information content (AvgIpc) is 3.17. The standard InChI is InChI=1S/C15H13N5OS/c1-10-4-5-14(22-10)12-7-13(19-18-12)15(21)20-17-9-11-3-2-6-16-8-11/h2-9H,1H3,(H,18,19)(H,20,21)/b17-9+. The molecule has 2 N–H and O–H groups in total. The summed E-state index contributed by atoms with van der Waals surface area (Å²) in [7, 11) is 0. The quantitative estimate of drug-likeness (QED) is 0.574. The normalized spacial score (nSPS) is 11.0. The molecule has 0 spiro atoms. The van der Waals surface area contributed by atoms with Crippen molar-refractivity contribution in [2.45, 2.75) is 6.92 Å². The van der Waals surface area contributed by atoms with Gasteiger partial charge >= 0.3 is 0 Å². The van der Waals surface area contributed by atoms with Gasteiger partial charge in [0.15, 0.2) is 5.69 Å². The maximum Gasteiger partial charge on any atom is 0.291 e. The molecule has 0 aliphatic rings. The average molecular weight is 311 g/mol. The van der Waals surface area contributed by atoms with E-state index in [0.29, 0.717) is 5.69 Å². The molecule has 110 valence electrons. The first kappa shape index (κ1) is 14.2. The van der Waals surface area contributed by atoms with Crippen LogP contribution >= 0.6 is 11.3 Å². The van der Waals surface area contributed by atoms with Crippen LogP contribution in [0.25, 0.3) is 10.6 Å². The summed E-state index contributed by atoms with van der Waals surface area (Å²) in [6.07, 6.45) is 4.86. The number of pyridine rings is 1. The smallest absolute Gasteiger partial charge is 0.276 e. The van der Waals surface area contributed by atoms with E-state index in [1.54, 1.807) is 35.9 Å². The molecule has 0 atom stereocenters. The summed E-state index contributed by atoms with van der Waals surface area (Å²) in [5.41, 5.74) is 4.36. The van der Waals surface area contributed by atoms with Gasteiger partial charge < -0.3 is 0 Å². The van der Waals surface area contributed by atoms with Gasteiger partial charge in [0.05, 0.1) is 16.8 Å². The molecular weight excluding hydrogens is 298 g/mol. The Hall–Kier alpha value is -2.80. The molecule has 0 fully saturated rings. The van der Waals surface area contributed by atoms with Crippen molar-refractivity contribution in [3.63, 3.8) is 0 Å². The zero-order valence-corrected chi connectivity index (χ0v) is 12.6. The third kappa shape index (κ3) is 3.26. The molecule has 3 heterocycles. The highest BCUT2D eigenvalue weighted by molar-refractivity contribution is 7.15. The van der Waals surface area contributed by atoms with Crippen molar-refractivity contribution in [2.75, 3.05) is 0 Å². The van der Waals surface area contributed by atoms with E-state index in [4.69, 9.17) is 0 Å². The predicted molar refractivity (Wildman–Crippen MR) is 85.9 cm³/mol. The van der Waals surface area contributed by atoms with Gasteiger partial charge in [0.25, 0.3) is 5.91 Å². The lowest BCUT2D eigenvalue weighted by atomic mass is 10.3. The third-order valence-corrected chi connectivity index (χ3v) is 3.91. The summed E-state index contributed by atoms with van der Waals surface area (Å²) in [6.45, 7) is 2.03. The monoisotopic (exact) mass is 311 g/mol. The van der Waals surface area contributed by atoms with Gasteiger partial charge in [0, 0.05) is 22.8 Å². The maximum atomic E-state index is 12.0. The summed E-state index contributed by atoms with van der Waals surface area (Å²) < 4.78 is 0. The van der Waals surface area contributed by atoms with E-state index < -0.39 is 0 Å². The first-order valence-corrected chi connectivity index (χ1v) is 7.40. The molecule has 22 heavy (non-hydrogen) atoms. The Morgan fingerprint density at radius 2 is 2.32 bits per heavy atom. The highest BCUT2D eigenvalue weighted by atomic mass is 32.1. The number of aromatic nitrogens is 3. The van der Waals surface area contributed by atoms with Gasteiger partial charge in [0.1, 0.15) is 0 Å². The number of hydrazone groups is 1. The summed E-state index contributed by atoms with van der Waals surface area (Å²) in [5.74, 6) is -0.365. The van der Waals surface area contributed by atoms with Crippen LogP contribution in [0.3, 0.4) is 0 Å². The molecule has 6 nitrogen and oxygen atoms in total. The molecule has 0 aromatic carbocycles. The molecule has 0 bridgehead atoms. The summed E-state index contributed by atoms with van der Waals surface area (Å²) in [5, 5.41) is 10.8. The summed E-state index contributed by atoms with van der Waals surface area (Å²) >= 11 is 1.64. The number of nitrogens with zero attached hydrogens (tertiary/aromatic N) is 3. The molecule has 0 aliphatic heterocycles. The van der Waals surface area contributed by atoms with E-state index >= 15 is 0 Å². The Bertz CT molecular complexity index is 806. The van der Waals surface area contributed by atoms with E-state index in [-0.39, 0.29) is 5.91 Å². The molecule has 3 rings (SSSR count). The van der Waals surface area contributed by atoms with Crippen LogP contribution in [-0.4, -0.2) is 27.3 Å². The van der Waals surface area contributed by atoms with Crippen molar-refractivity contribution in [2.24, 2.45) is 5.10 Å². The maximum absolute atomic E-state index is 12.0. The van der Waals surface area contributed by atoms with Crippen LogP contribution in [0.15, 0.2) is 47.8 Å². The minimum atomic E-state index is -0.365. The van der Waals surface area contributed by atoms with Crippen molar-refractivity contribution < 1.29 is 4.79 Å². The number of carbonyl (C=O) groups excluding carboxylic acids is 1. The Morgan fingerprint density at radius 3 is 3.05 bits per heavy atom. The van der Waals surface area contributed by atoms with Gasteiger partial charge in [-0.15, -0.1) is 11.3 Å². The molecule has 0 aliphatic carbocycles. The second-order valence-electron chi connectivity index (χ2n) is 4.56. The zero-order chi connectivity index (χ0) is 15.4. The molecule has 1 amide bonds. The van der Waals surface area contributed by atoms with Gasteiger partial charge in [0.2, 0.25) is 0 Å². The van der Waals surface area contributed by atoms with Crippen LogP contribution in [-0.2, 0) is 0 Å². The van der Waals surface area contributed by atoms with Crippen LogP contribution in [0.5, 0.6) is 0 Å². The van der Waals surface area contributed by atoms with Crippen LogP contribution in [0.4, 0.5) is 0 Å². The van der Waals surface area contributed by atoms with Gasteiger partial charge in [-0.3, -0.25) is 14.9 Å². The number of amides is 1. The predicted octanol–water partition coefficient (Wildman–Crippen LogP) is 2.61. The number of aromatic amines is 1. The van der Waals surface area contributed by atoms with Gasteiger partial charge in [-0.2, -0.15) is 10.2 Å². The Balaban J connectivity index is 1.66. The SMILES string of the molecule is Cc1ccc(-c2cc(C(=O)N/N=C/c3cccnc3)n[nH]2)s1. The molecule has 0 radical (unpaired) electrons. The van der Waals surface area contributed by atoms with E-state index in [0.717, 1.165) is 16.1 Å². The Kier molecular flexibility index (Phi) is 4.06. The highest BCUT2D eigenvalue weighted by Gasteiger charge is 2.11. The summed E-state index contributed by atoms with van der Waals surface area (Å²) in [6, 6.07) is 9.37. The fourth-order valence-electron chi connectivity index (χ4n) is 1.82. The minimum Gasteiger partial charge on any atom is -0.276 e. The molecular formula is C15H13N5OS. The van der Waals surface area contributed by atoms with Crippen LogP contribution in [0.1, 0.15) is 20.9 Å². The molecule has 0 unspecified atom stereocenters. The second kappa shape index (κ2) is 6.31. The molecule has 3 aromatic rings. The first-order chi connectivity index (χ1) is 10.7. The van der Waals surface area contributed by atoms with Gasteiger partial charge in [-0.1, -0.05) is 6.07 Å². The Labute approximate surface area is 130 Å². The lowest BCUT2D eigenvalue weighted by molar-refractivity contribution is 0.0950. The fourth-order valence-corrected chi connectivity index (χ4v) is 2.65. The van der Waals surface area contributed by atoms with Crippen molar-refractivity contribution in [3.8, 4) is 10.6 Å².